The molecule has 3 aromatic carbocycles. The molecule has 0 saturated heterocycles. The first-order chi connectivity index (χ1) is 16.4. The van der Waals surface area contributed by atoms with Crippen LogP contribution in [0.1, 0.15) is 18.1 Å². The number of halogens is 5. The lowest BCUT2D eigenvalue weighted by Crippen LogP contribution is -2.40. The number of amides is 1. The Labute approximate surface area is 210 Å². The Morgan fingerprint density at radius 3 is 2.23 bits per heavy atom. The van der Waals surface area contributed by atoms with Gasteiger partial charge in [-0.15, -0.1) is 0 Å². The largest absolute Gasteiger partial charge is 0.416 e. The summed E-state index contributed by atoms with van der Waals surface area (Å²) in [5, 5.41) is 4.16. The van der Waals surface area contributed by atoms with Gasteiger partial charge in [0, 0.05) is 5.02 Å². The summed E-state index contributed by atoms with van der Waals surface area (Å²) >= 11 is 11.9. The molecule has 12 heteroatoms. The highest BCUT2D eigenvalue weighted by molar-refractivity contribution is 7.92. The molecule has 0 saturated carbocycles. The van der Waals surface area contributed by atoms with Gasteiger partial charge in [-0.3, -0.25) is 9.10 Å². The van der Waals surface area contributed by atoms with E-state index in [4.69, 9.17) is 23.2 Å². The van der Waals surface area contributed by atoms with Crippen LogP contribution in [0.3, 0.4) is 0 Å². The van der Waals surface area contributed by atoms with E-state index in [1.165, 1.54) is 24.3 Å². The smallest absolute Gasteiger partial charge is 0.271 e. The zero-order valence-electron chi connectivity index (χ0n) is 18.1. The number of hydrogen-bond donors (Lipinski definition) is 1. The SMILES string of the molecule is C/C(=N/NC(=O)CN(c1cc(C(F)(F)F)ccc1Cl)S(=O)(=O)c1ccccc1)c1ccc(Cl)cc1. The molecule has 0 aliphatic rings. The summed E-state index contributed by atoms with van der Waals surface area (Å²) in [6, 6.07) is 15.8. The van der Waals surface area contributed by atoms with E-state index < -0.39 is 39.9 Å². The molecule has 0 aromatic heterocycles. The molecule has 3 aromatic rings. The molecule has 0 fully saturated rings. The third kappa shape index (κ3) is 6.53. The second-order valence-corrected chi connectivity index (χ2v) is 9.93. The molecule has 0 spiro atoms. The van der Waals surface area contributed by atoms with Crippen molar-refractivity contribution in [3.63, 3.8) is 0 Å². The zero-order valence-corrected chi connectivity index (χ0v) is 20.4. The number of anilines is 1. The number of hydrogen-bond acceptors (Lipinski definition) is 4. The van der Waals surface area contributed by atoms with Crippen LogP contribution in [0.2, 0.25) is 10.0 Å². The predicted molar refractivity (Wildman–Crippen MR) is 129 cm³/mol. The monoisotopic (exact) mass is 543 g/mol. The first-order valence-electron chi connectivity index (χ1n) is 9.93. The van der Waals surface area contributed by atoms with Gasteiger partial charge in [0.05, 0.1) is 26.9 Å². The standard InChI is InChI=1S/C23H18Cl2F3N3O3S/c1-15(16-7-10-18(24)11-8-16)29-30-22(32)14-31(35(33,34)19-5-3-2-4-6-19)21-13-17(23(26,27)28)9-12-20(21)25/h2-13H,14H2,1H3,(H,30,32)/b29-15-. The summed E-state index contributed by atoms with van der Waals surface area (Å²) in [5.41, 5.74) is 1.64. The van der Waals surface area contributed by atoms with Crippen LogP contribution in [-0.2, 0) is 21.0 Å². The highest BCUT2D eigenvalue weighted by Crippen LogP contribution is 2.37. The molecule has 0 aliphatic carbocycles. The molecule has 0 atom stereocenters. The molecule has 6 nitrogen and oxygen atoms in total. The van der Waals surface area contributed by atoms with Gasteiger partial charge in [0.1, 0.15) is 6.54 Å². The van der Waals surface area contributed by atoms with Crippen LogP contribution in [0.25, 0.3) is 0 Å². The van der Waals surface area contributed by atoms with Gasteiger partial charge in [-0.05, 0) is 55.0 Å². The van der Waals surface area contributed by atoms with Gasteiger partial charge in [-0.25, -0.2) is 13.8 Å². The summed E-state index contributed by atoms with van der Waals surface area (Å²) in [7, 11) is -4.47. The van der Waals surface area contributed by atoms with Gasteiger partial charge >= 0.3 is 6.18 Å². The molecule has 0 bridgehead atoms. The van der Waals surface area contributed by atoms with E-state index in [0.29, 0.717) is 26.7 Å². The van der Waals surface area contributed by atoms with Crippen LogP contribution in [0.4, 0.5) is 18.9 Å². The Morgan fingerprint density at radius 1 is 1.00 bits per heavy atom. The highest BCUT2D eigenvalue weighted by atomic mass is 35.5. The zero-order chi connectivity index (χ0) is 25.8. The van der Waals surface area contributed by atoms with Crippen molar-refractivity contribution >= 4 is 50.5 Å². The second-order valence-electron chi connectivity index (χ2n) is 7.23. The molecule has 0 aliphatic heterocycles. The van der Waals surface area contributed by atoms with Crippen molar-refractivity contribution in [2.75, 3.05) is 10.8 Å². The molecule has 0 radical (unpaired) electrons. The summed E-state index contributed by atoms with van der Waals surface area (Å²) in [6.07, 6.45) is -4.76. The van der Waals surface area contributed by atoms with Gasteiger partial charge in [0.15, 0.2) is 0 Å². The van der Waals surface area contributed by atoms with Crippen LogP contribution in [0.5, 0.6) is 0 Å². The molecule has 3 rings (SSSR count). The normalized spacial score (nSPS) is 12.3. The van der Waals surface area contributed by atoms with Gasteiger partial charge in [-0.2, -0.15) is 18.3 Å². The van der Waals surface area contributed by atoms with Crippen LogP contribution in [0, 0.1) is 0 Å². The number of benzene rings is 3. The van der Waals surface area contributed by atoms with Crippen molar-refractivity contribution in [1.29, 1.82) is 0 Å². The topological polar surface area (TPSA) is 78.8 Å². The Morgan fingerprint density at radius 2 is 1.63 bits per heavy atom. The van der Waals surface area contributed by atoms with Gasteiger partial charge in [-0.1, -0.05) is 53.5 Å². The molecule has 1 N–H and O–H groups in total. The third-order valence-electron chi connectivity index (χ3n) is 4.77. The van der Waals surface area contributed by atoms with Gasteiger partial charge in [0.25, 0.3) is 15.9 Å². The maximum atomic E-state index is 13.3. The highest BCUT2D eigenvalue weighted by Gasteiger charge is 2.34. The summed E-state index contributed by atoms with van der Waals surface area (Å²) in [4.78, 5) is 12.4. The fourth-order valence-corrected chi connectivity index (χ4v) is 4.82. The van der Waals surface area contributed by atoms with E-state index in [1.54, 1.807) is 37.3 Å². The van der Waals surface area contributed by atoms with Crippen molar-refractivity contribution in [3.05, 3.63) is 94.0 Å². The van der Waals surface area contributed by atoms with Crippen LogP contribution in [-0.4, -0.2) is 26.6 Å². The maximum Gasteiger partial charge on any atom is 0.416 e. The molecular formula is C23H18Cl2F3N3O3S. The fourth-order valence-electron chi connectivity index (χ4n) is 2.97. The Kier molecular flexibility index (Phi) is 8.09. The molecule has 35 heavy (non-hydrogen) atoms. The van der Waals surface area contributed by atoms with Crippen LogP contribution in [0.15, 0.2) is 82.8 Å². The van der Waals surface area contributed by atoms with E-state index in [-0.39, 0.29) is 9.92 Å². The van der Waals surface area contributed by atoms with Gasteiger partial charge in [0.2, 0.25) is 0 Å². The minimum atomic E-state index is -4.76. The number of carbonyl (C=O) groups is 1. The van der Waals surface area contributed by atoms with Crippen molar-refractivity contribution in [3.8, 4) is 0 Å². The van der Waals surface area contributed by atoms with Crippen molar-refractivity contribution in [2.45, 2.75) is 18.0 Å². The average Bonchev–Trinajstić information content (AvgIpc) is 2.81. The quantitative estimate of drug-likeness (QED) is 0.304. The minimum absolute atomic E-state index is 0.234. The number of nitrogens with one attached hydrogen (secondary N) is 1. The minimum Gasteiger partial charge on any atom is -0.271 e. The van der Waals surface area contributed by atoms with Crippen LogP contribution >= 0.6 is 23.2 Å². The lowest BCUT2D eigenvalue weighted by Gasteiger charge is -2.25. The Balaban J connectivity index is 1.98. The van der Waals surface area contributed by atoms with Crippen molar-refractivity contribution in [2.24, 2.45) is 5.10 Å². The predicted octanol–water partition coefficient (Wildman–Crippen LogP) is 5.75. The van der Waals surface area contributed by atoms with Crippen molar-refractivity contribution in [1.82, 2.24) is 5.43 Å². The van der Waals surface area contributed by atoms with E-state index >= 15 is 0 Å². The first kappa shape index (κ1) is 26.5. The lowest BCUT2D eigenvalue weighted by molar-refractivity contribution is -0.137. The maximum absolute atomic E-state index is 13.3. The second kappa shape index (κ2) is 10.7. The molecular weight excluding hydrogens is 526 g/mol. The average molecular weight is 544 g/mol. The Bertz CT molecular complexity index is 1350. The molecule has 1 amide bonds. The Hall–Kier alpha value is -3.08. The number of nitrogens with zero attached hydrogens (tertiary/aromatic N) is 2. The number of hydrazone groups is 1. The molecule has 0 unspecified atom stereocenters. The summed E-state index contributed by atoms with van der Waals surface area (Å²) < 4.78 is 67.2. The van der Waals surface area contributed by atoms with E-state index in [1.807, 2.05) is 0 Å². The summed E-state index contributed by atoms with van der Waals surface area (Å²) in [6.45, 7) is 0.724. The van der Waals surface area contributed by atoms with Crippen LogP contribution < -0.4 is 9.73 Å². The number of rotatable bonds is 7. The summed E-state index contributed by atoms with van der Waals surface area (Å²) in [5.74, 6) is -0.897. The van der Waals surface area contributed by atoms with E-state index in [0.717, 1.165) is 12.1 Å². The van der Waals surface area contributed by atoms with E-state index in [9.17, 15) is 26.4 Å². The number of carbonyl (C=O) groups excluding carboxylic acids is 1. The third-order valence-corrected chi connectivity index (χ3v) is 7.12. The first-order valence-corrected chi connectivity index (χ1v) is 12.1. The number of alkyl halides is 3. The van der Waals surface area contributed by atoms with Gasteiger partial charge < -0.3 is 0 Å². The molecule has 184 valence electrons. The fraction of sp³-hybridized carbons (Fsp3) is 0.130. The van der Waals surface area contributed by atoms with Crippen molar-refractivity contribution < 1.29 is 26.4 Å². The molecule has 0 heterocycles. The lowest BCUT2D eigenvalue weighted by atomic mass is 10.1. The van der Waals surface area contributed by atoms with E-state index in [2.05, 4.69) is 10.5 Å². The number of sulfonamides is 1.